The molecule has 7 heteroatoms. The van der Waals surface area contributed by atoms with E-state index in [-0.39, 0.29) is 24.9 Å². The van der Waals surface area contributed by atoms with Crippen LogP contribution in [0.3, 0.4) is 0 Å². The number of amides is 2. The van der Waals surface area contributed by atoms with Crippen molar-refractivity contribution >= 4 is 12.0 Å². The predicted octanol–water partition coefficient (Wildman–Crippen LogP) is 3.17. The van der Waals surface area contributed by atoms with Crippen molar-refractivity contribution < 1.29 is 23.8 Å². The lowest BCUT2D eigenvalue weighted by Gasteiger charge is -2.31. The van der Waals surface area contributed by atoms with Gasteiger partial charge in [0.1, 0.15) is 6.10 Å². The molecule has 0 radical (unpaired) electrons. The fourth-order valence-electron chi connectivity index (χ4n) is 3.87. The number of rotatable bonds is 3. The highest BCUT2D eigenvalue weighted by molar-refractivity contribution is 5.95. The van der Waals surface area contributed by atoms with E-state index in [9.17, 15) is 9.59 Å². The zero-order valence-corrected chi connectivity index (χ0v) is 15.5. The maximum absolute atomic E-state index is 13.0. The van der Waals surface area contributed by atoms with Gasteiger partial charge in [-0.1, -0.05) is 13.0 Å². The lowest BCUT2D eigenvalue weighted by molar-refractivity contribution is -0.146. The number of carbonyl (C=O) groups is 2. The molecule has 7 nitrogen and oxygen atoms in total. The number of nitrogens with one attached hydrogen (secondary N) is 2. The third-order valence-corrected chi connectivity index (χ3v) is 5.46. The molecule has 0 saturated heterocycles. The first-order valence-corrected chi connectivity index (χ1v) is 9.40. The molecular weight excluding hydrogens is 348 g/mol. The largest absolute Gasteiger partial charge is 0.459 e. The number of urea groups is 1. The molecule has 2 amide bonds. The summed E-state index contributed by atoms with van der Waals surface area (Å²) >= 11 is 0. The van der Waals surface area contributed by atoms with E-state index >= 15 is 0 Å². The van der Waals surface area contributed by atoms with Crippen molar-refractivity contribution in [2.75, 3.05) is 6.79 Å². The third kappa shape index (κ3) is 3.59. The number of hydrogen-bond donors (Lipinski definition) is 2. The minimum Gasteiger partial charge on any atom is -0.459 e. The number of ether oxygens (including phenoxy) is 3. The summed E-state index contributed by atoms with van der Waals surface area (Å²) in [5, 5.41) is 5.50. The van der Waals surface area contributed by atoms with Gasteiger partial charge in [0.2, 0.25) is 6.79 Å². The smallest absolute Gasteiger partial charge is 0.338 e. The van der Waals surface area contributed by atoms with Gasteiger partial charge in [0.25, 0.3) is 0 Å². The Balaban J connectivity index is 1.58. The van der Waals surface area contributed by atoms with E-state index < -0.39 is 6.04 Å². The van der Waals surface area contributed by atoms with Gasteiger partial charge in [0.05, 0.1) is 11.6 Å². The van der Waals surface area contributed by atoms with Crippen LogP contribution < -0.4 is 20.1 Å². The van der Waals surface area contributed by atoms with Gasteiger partial charge in [0.15, 0.2) is 11.5 Å². The van der Waals surface area contributed by atoms with Gasteiger partial charge in [0, 0.05) is 5.70 Å². The molecule has 1 aliphatic carbocycles. The number of esters is 1. The van der Waals surface area contributed by atoms with E-state index in [4.69, 9.17) is 14.2 Å². The minimum absolute atomic E-state index is 0.0657. The topological polar surface area (TPSA) is 85.9 Å². The van der Waals surface area contributed by atoms with E-state index in [1.54, 1.807) is 19.1 Å². The van der Waals surface area contributed by atoms with Crippen LogP contribution in [0.15, 0.2) is 29.5 Å². The number of fused-ring (bicyclic) bond motifs is 1. The molecule has 2 N–H and O–H groups in total. The average molecular weight is 372 g/mol. The van der Waals surface area contributed by atoms with Crippen LogP contribution >= 0.6 is 0 Å². The van der Waals surface area contributed by atoms with Gasteiger partial charge in [-0.3, -0.25) is 0 Å². The molecule has 0 bridgehead atoms. The van der Waals surface area contributed by atoms with Crippen LogP contribution in [0.4, 0.5) is 4.79 Å². The van der Waals surface area contributed by atoms with Gasteiger partial charge in [-0.05, 0) is 56.2 Å². The van der Waals surface area contributed by atoms with Crippen molar-refractivity contribution in [2.24, 2.45) is 5.92 Å². The van der Waals surface area contributed by atoms with Crippen molar-refractivity contribution in [1.82, 2.24) is 10.6 Å². The first kappa shape index (κ1) is 17.7. The van der Waals surface area contributed by atoms with Gasteiger partial charge < -0.3 is 24.8 Å². The molecule has 2 heterocycles. The van der Waals surface area contributed by atoms with Gasteiger partial charge in [-0.15, -0.1) is 0 Å². The van der Waals surface area contributed by atoms with Crippen LogP contribution in [0.1, 0.15) is 51.1 Å². The molecule has 3 aliphatic rings. The highest BCUT2D eigenvalue weighted by atomic mass is 16.7. The molecule has 1 atom stereocenters. The molecule has 4 rings (SSSR count). The molecule has 1 aromatic rings. The second-order valence-corrected chi connectivity index (χ2v) is 7.47. The number of hydrogen-bond acceptors (Lipinski definition) is 5. The second kappa shape index (κ2) is 7.13. The Labute approximate surface area is 158 Å². The summed E-state index contributed by atoms with van der Waals surface area (Å²) in [5.41, 5.74) is 1.68. The summed E-state index contributed by atoms with van der Waals surface area (Å²) in [7, 11) is 0. The van der Waals surface area contributed by atoms with E-state index in [2.05, 4.69) is 17.6 Å². The van der Waals surface area contributed by atoms with Crippen LogP contribution in [0.5, 0.6) is 11.5 Å². The highest BCUT2D eigenvalue weighted by Gasteiger charge is 2.34. The first-order valence-electron chi connectivity index (χ1n) is 9.40. The summed E-state index contributed by atoms with van der Waals surface area (Å²) in [6.45, 7) is 4.11. The lowest BCUT2D eigenvalue weighted by atomic mass is 9.88. The fourth-order valence-corrected chi connectivity index (χ4v) is 3.87. The number of carbonyl (C=O) groups excluding carboxylic acids is 2. The van der Waals surface area contributed by atoms with E-state index in [0.717, 1.165) is 31.2 Å². The van der Waals surface area contributed by atoms with Gasteiger partial charge >= 0.3 is 12.0 Å². The monoisotopic (exact) mass is 372 g/mol. The summed E-state index contributed by atoms with van der Waals surface area (Å²) in [6, 6.07) is 4.46. The van der Waals surface area contributed by atoms with Crippen molar-refractivity contribution in [2.45, 2.75) is 51.7 Å². The zero-order chi connectivity index (χ0) is 19.0. The van der Waals surface area contributed by atoms with Gasteiger partial charge in [-0.25, -0.2) is 9.59 Å². The number of benzene rings is 1. The molecule has 1 fully saturated rings. The van der Waals surface area contributed by atoms with Crippen LogP contribution in [-0.2, 0) is 9.53 Å². The summed E-state index contributed by atoms with van der Waals surface area (Å²) in [6.07, 6.45) is 3.83. The summed E-state index contributed by atoms with van der Waals surface area (Å²) in [5.74, 6) is 1.55. The Hall–Kier alpha value is -2.70. The van der Waals surface area contributed by atoms with Crippen molar-refractivity contribution in [1.29, 1.82) is 0 Å². The Kier molecular flexibility index (Phi) is 4.68. The Bertz CT molecular complexity index is 796. The SMILES string of the molecule is CC1=C(C(=O)OC2CCC(C)CC2)[C@H](c2ccc3c(c2)OCO3)NC(=O)N1. The Morgan fingerprint density at radius 1 is 1.15 bits per heavy atom. The van der Waals surface area contributed by atoms with Crippen LogP contribution in [0.2, 0.25) is 0 Å². The van der Waals surface area contributed by atoms with Crippen molar-refractivity contribution in [3.05, 3.63) is 35.0 Å². The molecule has 1 aromatic carbocycles. The molecule has 144 valence electrons. The third-order valence-electron chi connectivity index (χ3n) is 5.46. The second-order valence-electron chi connectivity index (χ2n) is 7.47. The molecule has 27 heavy (non-hydrogen) atoms. The quantitative estimate of drug-likeness (QED) is 0.796. The van der Waals surface area contributed by atoms with Gasteiger partial charge in [-0.2, -0.15) is 0 Å². The van der Waals surface area contributed by atoms with Crippen molar-refractivity contribution in [3.63, 3.8) is 0 Å². The first-order chi connectivity index (χ1) is 13.0. The lowest BCUT2D eigenvalue weighted by Crippen LogP contribution is -2.45. The highest BCUT2D eigenvalue weighted by Crippen LogP contribution is 2.37. The molecule has 2 aliphatic heterocycles. The molecule has 0 spiro atoms. The Morgan fingerprint density at radius 2 is 1.89 bits per heavy atom. The maximum atomic E-state index is 13.0. The van der Waals surface area contributed by atoms with Crippen molar-refractivity contribution in [3.8, 4) is 11.5 Å². The summed E-state index contributed by atoms with van der Waals surface area (Å²) < 4.78 is 16.6. The van der Waals surface area contributed by atoms with Crippen LogP contribution in [0, 0.1) is 5.92 Å². The van der Waals surface area contributed by atoms with E-state index in [0.29, 0.717) is 28.7 Å². The van der Waals surface area contributed by atoms with Crippen LogP contribution in [-0.4, -0.2) is 24.9 Å². The number of allylic oxidation sites excluding steroid dienone is 1. The molecule has 0 unspecified atom stereocenters. The minimum atomic E-state index is -0.594. The average Bonchev–Trinajstić information content (AvgIpc) is 3.10. The van der Waals surface area contributed by atoms with Crippen LogP contribution in [0.25, 0.3) is 0 Å². The molecule has 0 aromatic heterocycles. The summed E-state index contributed by atoms with van der Waals surface area (Å²) in [4.78, 5) is 25.0. The maximum Gasteiger partial charge on any atom is 0.338 e. The molecule has 1 saturated carbocycles. The Morgan fingerprint density at radius 3 is 2.67 bits per heavy atom. The zero-order valence-electron chi connectivity index (χ0n) is 15.5. The van der Waals surface area contributed by atoms with E-state index in [1.165, 1.54) is 0 Å². The van der Waals surface area contributed by atoms with E-state index in [1.807, 2.05) is 6.07 Å². The standard InChI is InChI=1S/C20H24N2O5/c1-11-3-6-14(7-4-11)27-19(23)17-12(2)21-20(24)22-18(17)13-5-8-15-16(9-13)26-10-25-15/h5,8-9,11,14,18H,3-4,6-7,10H2,1-2H3,(H2,21,22,24)/t11?,14?,18-/m0/s1. The fraction of sp³-hybridized carbons (Fsp3) is 0.500. The predicted molar refractivity (Wildman–Crippen MR) is 97.2 cm³/mol. The molecular formula is C20H24N2O5. The normalized spacial score (nSPS) is 27.0.